The summed E-state index contributed by atoms with van der Waals surface area (Å²) in [6.45, 7) is 14.0. The summed E-state index contributed by atoms with van der Waals surface area (Å²) in [5.74, 6) is 4.48. The molecule has 0 spiro atoms. The Morgan fingerprint density at radius 3 is 1.87 bits per heavy atom. The molecule has 3 aromatic rings. The molecule has 2 heterocycles. The Hall–Kier alpha value is -1.92. The first-order valence-electron chi connectivity index (χ1n) is 20.3. The molecule has 3 fully saturated rings. The minimum Gasteiger partial charge on any atom is -0.453 e. The number of halogens is 3. The van der Waals surface area contributed by atoms with Gasteiger partial charge in [-0.25, -0.2) is 4.99 Å². The highest BCUT2D eigenvalue weighted by Crippen LogP contribution is 2.52. The second kappa shape index (κ2) is 16.7. The average molecular weight is 837 g/mol. The Bertz CT molecular complexity index is 1870. The number of ether oxygens (including phenoxy) is 1. The van der Waals surface area contributed by atoms with E-state index in [1.807, 2.05) is 12.1 Å². The average Bonchev–Trinajstić information content (AvgIpc) is 3.64. The molecule has 53 heavy (non-hydrogen) atoms. The summed E-state index contributed by atoms with van der Waals surface area (Å²) in [7, 11) is 0. The van der Waals surface area contributed by atoms with Crippen molar-refractivity contribution in [2.75, 3.05) is 0 Å². The maximum absolute atomic E-state index is 7.61. The molecule has 2 aromatic carbocycles. The summed E-state index contributed by atoms with van der Waals surface area (Å²) in [4.78, 5) is 11.8. The predicted molar refractivity (Wildman–Crippen MR) is 231 cm³/mol. The van der Waals surface area contributed by atoms with Crippen LogP contribution in [0.2, 0.25) is 5.02 Å². The van der Waals surface area contributed by atoms with Crippen LogP contribution < -0.4 is 4.74 Å². The topological polar surface area (TPSA) is 37.4 Å². The number of allylic oxidation sites excluding steroid dienone is 1. The number of hydrogen-bond donors (Lipinski definition) is 1. The number of aromatic amines is 1. The lowest BCUT2D eigenvalue weighted by Gasteiger charge is -2.31. The molecule has 7 heteroatoms. The third-order valence-corrected chi connectivity index (χ3v) is 15.4. The fraction of sp³-hybridized carbons (Fsp3) is 0.543. The lowest BCUT2D eigenvalue weighted by atomic mass is 9.75. The third kappa shape index (κ3) is 8.45. The van der Waals surface area contributed by atoms with E-state index in [-0.39, 0.29) is 5.41 Å². The Kier molecular flexibility index (Phi) is 12.4. The fourth-order valence-corrected chi connectivity index (χ4v) is 11.8. The predicted octanol–water partition coefficient (Wildman–Crippen LogP) is 15.6. The van der Waals surface area contributed by atoms with Gasteiger partial charge in [0, 0.05) is 31.9 Å². The van der Waals surface area contributed by atoms with Gasteiger partial charge in [0.15, 0.2) is 5.76 Å². The van der Waals surface area contributed by atoms with E-state index in [2.05, 4.69) is 98.9 Å². The second-order valence-electron chi connectivity index (χ2n) is 17.5. The molecule has 3 saturated carbocycles. The molecule has 0 radical (unpaired) electrons. The van der Waals surface area contributed by atoms with Crippen molar-refractivity contribution in [3.05, 3.63) is 96.2 Å². The number of thioether (sulfide) groups is 1. The minimum absolute atomic E-state index is 0.0417. The van der Waals surface area contributed by atoms with E-state index in [9.17, 15) is 0 Å². The molecule has 1 aromatic heterocycles. The van der Waals surface area contributed by atoms with Crippen molar-refractivity contribution in [2.45, 2.75) is 141 Å². The normalized spacial score (nSPS) is 27.9. The maximum atomic E-state index is 7.61. The van der Waals surface area contributed by atoms with Crippen molar-refractivity contribution in [3.63, 3.8) is 0 Å². The first kappa shape index (κ1) is 39.3. The van der Waals surface area contributed by atoms with Crippen LogP contribution in [0.5, 0.6) is 5.75 Å². The SMILES string of the molecule is CC1CCCCC1C1=NC(=C(Oc2ccc(C(C)(C)C)cc2)c2[nH]c(C3CCCCC3C)c(Br)c2C2CCCCC2C)C(Sc2ccc(Cl)cc2)=C1Cl. The van der Waals surface area contributed by atoms with E-state index < -0.39 is 0 Å². The monoisotopic (exact) mass is 834 g/mol. The fourth-order valence-electron chi connectivity index (χ4n) is 9.42. The highest BCUT2D eigenvalue weighted by Gasteiger charge is 2.39. The van der Waals surface area contributed by atoms with Gasteiger partial charge in [0.05, 0.1) is 21.3 Å². The number of aliphatic imine (C=N–C) groups is 1. The molecule has 0 amide bonds. The van der Waals surface area contributed by atoms with E-state index in [4.69, 9.17) is 32.9 Å². The van der Waals surface area contributed by atoms with Crippen LogP contribution in [0.4, 0.5) is 0 Å². The van der Waals surface area contributed by atoms with Crippen molar-refractivity contribution in [2.24, 2.45) is 28.7 Å². The molecule has 3 nitrogen and oxygen atoms in total. The van der Waals surface area contributed by atoms with Crippen LogP contribution in [0.3, 0.4) is 0 Å². The van der Waals surface area contributed by atoms with Gasteiger partial charge in [-0.1, -0.05) is 146 Å². The largest absolute Gasteiger partial charge is 0.453 e. The molecule has 284 valence electrons. The molecular weight excluding hydrogens is 779 g/mol. The molecule has 6 unspecified atom stereocenters. The van der Waals surface area contributed by atoms with Gasteiger partial charge in [-0.3, -0.25) is 0 Å². The Labute approximate surface area is 341 Å². The van der Waals surface area contributed by atoms with Crippen LogP contribution in [-0.4, -0.2) is 10.7 Å². The lowest BCUT2D eigenvalue weighted by Crippen LogP contribution is -2.24. The molecule has 4 aliphatic rings. The summed E-state index contributed by atoms with van der Waals surface area (Å²) in [6.07, 6.45) is 14.8. The van der Waals surface area contributed by atoms with Crippen LogP contribution in [0.15, 0.2) is 78.5 Å². The van der Waals surface area contributed by atoms with Crippen LogP contribution in [-0.2, 0) is 5.41 Å². The number of nitrogens with one attached hydrogen (secondary N) is 1. The molecule has 1 aliphatic heterocycles. The molecule has 1 N–H and O–H groups in total. The third-order valence-electron chi connectivity index (χ3n) is 12.7. The molecule has 0 bridgehead atoms. The summed E-state index contributed by atoms with van der Waals surface area (Å²) in [5.41, 5.74) is 6.94. The van der Waals surface area contributed by atoms with Crippen LogP contribution >= 0.6 is 50.9 Å². The first-order chi connectivity index (χ1) is 25.4. The summed E-state index contributed by atoms with van der Waals surface area (Å²) >= 11 is 19.9. The highest BCUT2D eigenvalue weighted by atomic mass is 79.9. The lowest BCUT2D eigenvalue weighted by molar-refractivity contribution is 0.323. The van der Waals surface area contributed by atoms with Gasteiger partial charge in [-0.15, -0.1) is 0 Å². The molecule has 6 atom stereocenters. The van der Waals surface area contributed by atoms with E-state index in [0.717, 1.165) is 54.9 Å². The van der Waals surface area contributed by atoms with Crippen molar-refractivity contribution in [1.29, 1.82) is 0 Å². The van der Waals surface area contributed by atoms with Crippen LogP contribution in [0.25, 0.3) is 5.76 Å². The van der Waals surface area contributed by atoms with Gasteiger partial charge in [0.25, 0.3) is 0 Å². The Morgan fingerprint density at radius 2 is 1.30 bits per heavy atom. The maximum Gasteiger partial charge on any atom is 0.177 e. The Balaban J connectivity index is 1.48. The summed E-state index contributed by atoms with van der Waals surface area (Å²) in [6, 6.07) is 16.8. The van der Waals surface area contributed by atoms with Crippen LogP contribution in [0.1, 0.15) is 153 Å². The molecule has 0 saturated heterocycles. The number of hydrogen-bond acceptors (Lipinski definition) is 3. The van der Waals surface area contributed by atoms with Gasteiger partial charge in [0.2, 0.25) is 0 Å². The van der Waals surface area contributed by atoms with Crippen molar-refractivity contribution >= 4 is 62.4 Å². The number of nitrogens with zero attached hydrogens (tertiary/aromatic N) is 1. The standard InChI is InChI=1S/C46H57BrCl2N2OS/c1-27-13-7-10-16-34(27)37-38(47)40(35-17-11-8-14-28(35)2)50-42(37)44(52-32-23-19-30(20-24-32)46(4,5)6)43-45(53-33-25-21-31(48)22-26-33)39(49)41(51-43)36-18-12-9-15-29(36)3/h19-29,34-36,50H,7-18H2,1-6H3. The van der Waals surface area contributed by atoms with Crippen LogP contribution in [0, 0.1) is 23.7 Å². The van der Waals surface area contributed by atoms with Gasteiger partial charge < -0.3 is 9.72 Å². The van der Waals surface area contributed by atoms with Gasteiger partial charge >= 0.3 is 0 Å². The second-order valence-corrected chi connectivity index (χ2v) is 20.2. The zero-order valence-corrected chi connectivity index (χ0v) is 36.4. The smallest absolute Gasteiger partial charge is 0.177 e. The van der Waals surface area contributed by atoms with Crippen molar-refractivity contribution in [3.8, 4) is 5.75 Å². The summed E-state index contributed by atoms with van der Waals surface area (Å²) in [5, 5.41) is 1.49. The van der Waals surface area contributed by atoms with Gasteiger partial charge in [-0.2, -0.15) is 0 Å². The zero-order valence-electron chi connectivity index (χ0n) is 32.5. The Morgan fingerprint density at radius 1 is 0.755 bits per heavy atom. The highest BCUT2D eigenvalue weighted by molar-refractivity contribution is 9.10. The van der Waals surface area contributed by atoms with Gasteiger partial charge in [0.1, 0.15) is 11.4 Å². The number of benzene rings is 2. The van der Waals surface area contributed by atoms with E-state index in [0.29, 0.717) is 35.5 Å². The first-order valence-corrected chi connectivity index (χ1v) is 22.6. The molecule has 3 aliphatic carbocycles. The number of rotatable bonds is 8. The molecular formula is C46H57BrCl2N2OS. The van der Waals surface area contributed by atoms with E-state index >= 15 is 0 Å². The quantitative estimate of drug-likeness (QED) is 0.230. The summed E-state index contributed by atoms with van der Waals surface area (Å²) < 4.78 is 8.54. The number of H-pyrrole nitrogens is 1. The van der Waals surface area contributed by atoms with E-state index in [1.54, 1.807) is 11.8 Å². The zero-order chi connectivity index (χ0) is 37.4. The number of aromatic nitrogens is 1. The van der Waals surface area contributed by atoms with E-state index in [1.165, 1.54) is 91.9 Å². The minimum atomic E-state index is 0.0417. The molecule has 7 rings (SSSR count). The van der Waals surface area contributed by atoms with Crippen molar-refractivity contribution < 1.29 is 4.74 Å². The van der Waals surface area contributed by atoms with Crippen molar-refractivity contribution in [1.82, 2.24) is 4.98 Å². The van der Waals surface area contributed by atoms with Gasteiger partial charge in [-0.05, 0) is 112 Å².